The molecular weight excluding hydrogens is 466 g/mol. The zero-order chi connectivity index (χ0) is 25.7. The first kappa shape index (κ1) is 28.3. The molecule has 0 bridgehead atoms. The van der Waals surface area contributed by atoms with Crippen LogP contribution in [0.5, 0.6) is 0 Å². The van der Waals surface area contributed by atoms with E-state index in [2.05, 4.69) is 29.8 Å². The number of carbonyl (C=O) groups excluding carboxylic acids is 3. The van der Waals surface area contributed by atoms with E-state index in [-0.39, 0.29) is 36.2 Å². The number of rotatable bonds is 10. The molecule has 0 unspecified atom stereocenters. The van der Waals surface area contributed by atoms with Crippen molar-refractivity contribution < 1.29 is 37.2 Å². The number of amides is 3. The molecule has 2 rings (SSSR count). The van der Waals surface area contributed by atoms with Gasteiger partial charge in [-0.15, -0.1) is 0 Å². The molecule has 1 heterocycles. The Bertz CT molecular complexity index is 835. The first-order valence-corrected chi connectivity index (χ1v) is 13.4. The van der Waals surface area contributed by atoms with Crippen LogP contribution in [0, 0.1) is 17.3 Å². The number of alkyl carbamates (subject to hydrolysis) is 1. The lowest BCUT2D eigenvalue weighted by atomic mass is 9.76. The summed E-state index contributed by atoms with van der Waals surface area (Å²) in [7, 11) is -4.91. The summed E-state index contributed by atoms with van der Waals surface area (Å²) in [4.78, 5) is 37.5. The van der Waals surface area contributed by atoms with E-state index in [1.807, 2.05) is 13.8 Å². The molecule has 0 aromatic rings. The van der Waals surface area contributed by atoms with Crippen molar-refractivity contribution in [2.75, 3.05) is 6.54 Å². The SMILES string of the molecule is CC(C)C[C@H](NC(=O)OC1CCC(C)(C)CC1)C(=O)N[C@@H](C[C@@H]1CCNC1=O)[C@H](O)S(=O)(=O)O. The van der Waals surface area contributed by atoms with Crippen molar-refractivity contribution in [3.63, 3.8) is 0 Å². The first-order valence-electron chi connectivity index (χ1n) is 11.9. The average Bonchev–Trinajstić information content (AvgIpc) is 3.11. The van der Waals surface area contributed by atoms with Crippen LogP contribution in [0.3, 0.4) is 0 Å². The van der Waals surface area contributed by atoms with Crippen molar-refractivity contribution in [3.05, 3.63) is 0 Å². The number of carbonyl (C=O) groups is 3. The predicted octanol–water partition coefficient (Wildman–Crippen LogP) is 1.31. The van der Waals surface area contributed by atoms with E-state index in [1.54, 1.807) is 0 Å². The number of aliphatic hydroxyl groups is 1. The van der Waals surface area contributed by atoms with Crippen molar-refractivity contribution in [2.24, 2.45) is 17.3 Å². The number of aliphatic hydroxyl groups excluding tert-OH is 1. The fourth-order valence-electron chi connectivity index (χ4n) is 4.44. The summed E-state index contributed by atoms with van der Waals surface area (Å²) in [5, 5.41) is 17.7. The molecule has 4 atom stereocenters. The van der Waals surface area contributed by atoms with Gasteiger partial charge in [-0.25, -0.2) is 4.79 Å². The van der Waals surface area contributed by atoms with Gasteiger partial charge in [0.2, 0.25) is 17.3 Å². The van der Waals surface area contributed by atoms with Crippen LogP contribution in [0.1, 0.15) is 72.6 Å². The van der Waals surface area contributed by atoms with E-state index in [0.29, 0.717) is 13.0 Å². The molecule has 5 N–H and O–H groups in total. The Kier molecular flexibility index (Phi) is 9.72. The lowest BCUT2D eigenvalue weighted by Crippen LogP contribution is -2.55. The second kappa shape index (κ2) is 11.7. The Hall–Kier alpha value is -1.92. The van der Waals surface area contributed by atoms with Gasteiger partial charge in [-0.05, 0) is 56.3 Å². The molecule has 196 valence electrons. The standard InChI is InChI=1S/C22H39N3O8S/c1-13(2)11-16(25-21(29)33-15-5-8-22(3,4)9-6-15)19(27)24-17(20(28)34(30,31)32)12-14-7-10-23-18(14)26/h13-17,20,28H,5-12H2,1-4H3,(H,23,26)(H,24,27)(H,25,29)(H,30,31,32)/t14-,16-,17-,20+/m0/s1. The van der Waals surface area contributed by atoms with Gasteiger partial charge in [0, 0.05) is 12.5 Å². The molecule has 0 radical (unpaired) electrons. The molecule has 0 aromatic heterocycles. The fourth-order valence-corrected chi connectivity index (χ4v) is 5.03. The minimum atomic E-state index is -4.91. The summed E-state index contributed by atoms with van der Waals surface area (Å²) in [6, 6.07) is -2.49. The second-order valence-corrected chi connectivity index (χ2v) is 12.1. The van der Waals surface area contributed by atoms with E-state index in [9.17, 15) is 32.5 Å². The van der Waals surface area contributed by atoms with Gasteiger partial charge in [0.15, 0.2) is 0 Å². The zero-order valence-corrected chi connectivity index (χ0v) is 21.2. The molecule has 3 amide bonds. The molecule has 2 aliphatic rings. The largest absolute Gasteiger partial charge is 0.446 e. The number of nitrogens with one attached hydrogen (secondary N) is 3. The van der Waals surface area contributed by atoms with Crippen LogP contribution in [0.4, 0.5) is 4.79 Å². The second-order valence-electron chi connectivity index (χ2n) is 10.6. The van der Waals surface area contributed by atoms with Crippen molar-refractivity contribution >= 4 is 28.0 Å². The Morgan fingerprint density at radius 1 is 1.18 bits per heavy atom. The van der Waals surface area contributed by atoms with Crippen molar-refractivity contribution in [1.82, 2.24) is 16.0 Å². The number of ether oxygens (including phenoxy) is 1. The maximum absolute atomic E-state index is 13.0. The summed E-state index contributed by atoms with van der Waals surface area (Å²) in [6.07, 6.45) is 2.77. The summed E-state index contributed by atoms with van der Waals surface area (Å²) in [6.45, 7) is 8.43. The number of hydrogen-bond acceptors (Lipinski definition) is 7. The summed E-state index contributed by atoms with van der Waals surface area (Å²) in [5.74, 6) is -1.68. The fraction of sp³-hybridized carbons (Fsp3) is 0.864. The molecule has 1 aliphatic heterocycles. The Labute approximate surface area is 201 Å². The Morgan fingerprint density at radius 3 is 2.29 bits per heavy atom. The van der Waals surface area contributed by atoms with Crippen molar-refractivity contribution in [1.29, 1.82) is 0 Å². The van der Waals surface area contributed by atoms with Crippen LogP contribution in [-0.4, -0.2) is 66.2 Å². The van der Waals surface area contributed by atoms with Crippen LogP contribution in [0.2, 0.25) is 0 Å². The topological polar surface area (TPSA) is 171 Å². The molecule has 12 heteroatoms. The van der Waals surface area contributed by atoms with Gasteiger partial charge < -0.3 is 25.8 Å². The first-order chi connectivity index (χ1) is 15.7. The van der Waals surface area contributed by atoms with Gasteiger partial charge in [0.05, 0.1) is 6.04 Å². The van der Waals surface area contributed by atoms with Crippen LogP contribution >= 0.6 is 0 Å². The van der Waals surface area contributed by atoms with Crippen LogP contribution in [0.15, 0.2) is 0 Å². The molecule has 0 spiro atoms. The van der Waals surface area contributed by atoms with Crippen LogP contribution in [0.25, 0.3) is 0 Å². The lowest BCUT2D eigenvalue weighted by molar-refractivity contribution is -0.126. The van der Waals surface area contributed by atoms with Gasteiger partial charge in [-0.3, -0.25) is 14.1 Å². The van der Waals surface area contributed by atoms with Gasteiger partial charge in [-0.1, -0.05) is 27.7 Å². The predicted molar refractivity (Wildman–Crippen MR) is 124 cm³/mol. The molecule has 2 fully saturated rings. The van der Waals surface area contributed by atoms with E-state index in [4.69, 9.17) is 4.74 Å². The summed E-state index contributed by atoms with van der Waals surface area (Å²) in [5.41, 5.74) is -2.11. The third-order valence-electron chi connectivity index (χ3n) is 6.55. The minimum absolute atomic E-state index is 0.00270. The number of hydrogen-bond donors (Lipinski definition) is 5. The van der Waals surface area contributed by atoms with E-state index < -0.39 is 45.6 Å². The Balaban J connectivity index is 2.06. The molecule has 0 aromatic carbocycles. The quantitative estimate of drug-likeness (QED) is 0.277. The molecule has 34 heavy (non-hydrogen) atoms. The van der Waals surface area contributed by atoms with Crippen molar-refractivity contribution in [2.45, 2.75) is 96.3 Å². The summed E-state index contributed by atoms with van der Waals surface area (Å²) < 4.78 is 38.0. The Morgan fingerprint density at radius 2 is 1.79 bits per heavy atom. The van der Waals surface area contributed by atoms with Crippen molar-refractivity contribution in [3.8, 4) is 0 Å². The summed E-state index contributed by atoms with van der Waals surface area (Å²) >= 11 is 0. The van der Waals surface area contributed by atoms with E-state index in [1.165, 1.54) is 0 Å². The maximum Gasteiger partial charge on any atom is 0.408 e. The molecule has 1 aliphatic carbocycles. The zero-order valence-electron chi connectivity index (χ0n) is 20.4. The normalized spacial score (nSPS) is 23.6. The van der Waals surface area contributed by atoms with Crippen LogP contribution < -0.4 is 16.0 Å². The van der Waals surface area contributed by atoms with E-state index in [0.717, 1.165) is 25.7 Å². The molecule has 1 saturated carbocycles. The highest BCUT2D eigenvalue weighted by molar-refractivity contribution is 7.86. The highest BCUT2D eigenvalue weighted by Gasteiger charge is 2.38. The van der Waals surface area contributed by atoms with E-state index >= 15 is 0 Å². The lowest BCUT2D eigenvalue weighted by Gasteiger charge is -2.34. The third-order valence-corrected chi connectivity index (χ3v) is 7.49. The van der Waals surface area contributed by atoms with Gasteiger partial charge in [0.25, 0.3) is 10.1 Å². The molecule has 11 nitrogen and oxygen atoms in total. The minimum Gasteiger partial charge on any atom is -0.446 e. The van der Waals surface area contributed by atoms with Gasteiger partial charge >= 0.3 is 6.09 Å². The highest BCUT2D eigenvalue weighted by Crippen LogP contribution is 2.36. The molecular formula is C22H39N3O8S. The highest BCUT2D eigenvalue weighted by atomic mass is 32.2. The average molecular weight is 506 g/mol. The smallest absolute Gasteiger partial charge is 0.408 e. The monoisotopic (exact) mass is 505 g/mol. The van der Waals surface area contributed by atoms with Gasteiger partial charge in [-0.2, -0.15) is 8.42 Å². The van der Waals surface area contributed by atoms with Gasteiger partial charge in [0.1, 0.15) is 12.1 Å². The van der Waals surface area contributed by atoms with Crippen LogP contribution in [-0.2, 0) is 24.4 Å². The molecule has 1 saturated heterocycles. The maximum atomic E-state index is 13.0. The third kappa shape index (κ3) is 8.70.